The molecule has 0 unspecified atom stereocenters. The van der Waals surface area contributed by atoms with E-state index in [9.17, 15) is 4.79 Å². The summed E-state index contributed by atoms with van der Waals surface area (Å²) in [5.41, 5.74) is 2.52. The minimum Gasteiger partial charge on any atom is -0.334 e. The average molecular weight is 220 g/mol. The highest BCUT2D eigenvalue weighted by atomic mass is 35.5. The highest BCUT2D eigenvalue weighted by Crippen LogP contribution is 2.26. The van der Waals surface area contributed by atoms with Gasteiger partial charge in [-0.15, -0.1) is 0 Å². The van der Waals surface area contributed by atoms with Gasteiger partial charge in [0, 0.05) is 12.7 Å². The van der Waals surface area contributed by atoms with Crippen molar-refractivity contribution in [3.05, 3.63) is 47.1 Å². The molecular weight excluding hydrogens is 210 g/mol. The Bertz CT molecular complexity index is 488. The predicted octanol–water partition coefficient (Wildman–Crippen LogP) is 3.16. The molecular formula is C12H10ClNO. The maximum atomic E-state index is 10.7. The molecule has 0 saturated heterocycles. The van der Waals surface area contributed by atoms with Crippen LogP contribution in [0.1, 0.15) is 10.4 Å². The largest absolute Gasteiger partial charge is 0.334 e. The van der Waals surface area contributed by atoms with E-state index in [-0.39, 0.29) is 0 Å². The van der Waals surface area contributed by atoms with Gasteiger partial charge in [0.2, 0.25) is 0 Å². The monoisotopic (exact) mass is 219 g/mol. The first-order valence-electron chi connectivity index (χ1n) is 4.60. The Balaban J connectivity index is 2.59. The molecule has 0 bridgehead atoms. The summed E-state index contributed by atoms with van der Waals surface area (Å²) in [5.74, 6) is 0. The zero-order valence-corrected chi connectivity index (χ0v) is 9.03. The lowest BCUT2D eigenvalue weighted by Gasteiger charge is -2.03. The summed E-state index contributed by atoms with van der Waals surface area (Å²) in [6.07, 6.45) is 0.773. The van der Waals surface area contributed by atoms with Crippen LogP contribution in [0, 0.1) is 0 Å². The van der Waals surface area contributed by atoms with Gasteiger partial charge in [-0.1, -0.05) is 41.9 Å². The number of benzene rings is 1. The van der Waals surface area contributed by atoms with E-state index < -0.39 is 0 Å². The summed E-state index contributed by atoms with van der Waals surface area (Å²) >= 11 is 6.00. The fraction of sp³-hybridized carbons (Fsp3) is 0.0833. The number of halogens is 1. The summed E-state index contributed by atoms with van der Waals surface area (Å²) in [4.78, 5) is 10.7. The first-order chi connectivity index (χ1) is 7.24. The number of aromatic nitrogens is 1. The molecule has 0 spiro atoms. The second-order valence-corrected chi connectivity index (χ2v) is 3.68. The quantitative estimate of drug-likeness (QED) is 0.712. The first-order valence-corrected chi connectivity index (χ1v) is 4.97. The molecule has 2 aromatic rings. The van der Waals surface area contributed by atoms with Crippen molar-refractivity contribution in [1.82, 2.24) is 4.57 Å². The number of hydrogen-bond acceptors (Lipinski definition) is 1. The molecule has 0 atom stereocenters. The van der Waals surface area contributed by atoms with Gasteiger partial charge in [-0.25, -0.2) is 0 Å². The lowest BCUT2D eigenvalue weighted by molar-refractivity contribution is 0.112. The van der Waals surface area contributed by atoms with E-state index in [1.807, 2.05) is 37.4 Å². The Morgan fingerprint density at radius 2 is 1.93 bits per heavy atom. The van der Waals surface area contributed by atoms with Gasteiger partial charge in [0.1, 0.15) is 5.15 Å². The molecule has 1 aromatic carbocycles. The number of aldehydes is 1. The molecule has 2 rings (SSSR count). The SMILES string of the molecule is Cn1c(-c2ccccc2)cc(C=O)c1Cl. The van der Waals surface area contributed by atoms with Crippen LogP contribution in [0.4, 0.5) is 0 Å². The maximum absolute atomic E-state index is 10.7. The van der Waals surface area contributed by atoms with Crippen LogP contribution in [0.3, 0.4) is 0 Å². The summed E-state index contributed by atoms with van der Waals surface area (Å²) < 4.78 is 1.81. The molecule has 0 N–H and O–H groups in total. The van der Waals surface area contributed by atoms with Crippen LogP contribution in [0.2, 0.25) is 5.15 Å². The van der Waals surface area contributed by atoms with Crippen molar-refractivity contribution in [2.24, 2.45) is 7.05 Å². The van der Waals surface area contributed by atoms with E-state index in [4.69, 9.17) is 11.6 Å². The van der Waals surface area contributed by atoms with Crippen molar-refractivity contribution < 1.29 is 4.79 Å². The van der Waals surface area contributed by atoms with Gasteiger partial charge in [0.15, 0.2) is 6.29 Å². The smallest absolute Gasteiger partial charge is 0.153 e. The predicted molar refractivity (Wildman–Crippen MR) is 61.2 cm³/mol. The molecule has 0 radical (unpaired) electrons. The lowest BCUT2D eigenvalue weighted by Crippen LogP contribution is -1.91. The van der Waals surface area contributed by atoms with E-state index in [0.717, 1.165) is 17.5 Å². The second kappa shape index (κ2) is 3.91. The van der Waals surface area contributed by atoms with Crippen LogP contribution < -0.4 is 0 Å². The summed E-state index contributed by atoms with van der Waals surface area (Å²) in [6, 6.07) is 11.6. The van der Waals surface area contributed by atoms with Crippen LogP contribution in [-0.2, 0) is 7.05 Å². The van der Waals surface area contributed by atoms with E-state index in [1.165, 1.54) is 0 Å². The number of rotatable bonds is 2. The molecule has 0 aliphatic carbocycles. The number of nitrogens with zero attached hydrogens (tertiary/aromatic N) is 1. The summed E-state index contributed by atoms with van der Waals surface area (Å²) in [5, 5.41) is 0.476. The van der Waals surface area contributed by atoms with E-state index >= 15 is 0 Å². The Kier molecular flexibility index (Phi) is 2.60. The van der Waals surface area contributed by atoms with Crippen molar-refractivity contribution in [3.63, 3.8) is 0 Å². The topological polar surface area (TPSA) is 22.0 Å². The molecule has 76 valence electrons. The van der Waals surface area contributed by atoms with Gasteiger partial charge in [-0.3, -0.25) is 4.79 Å². The molecule has 0 fully saturated rings. The van der Waals surface area contributed by atoms with Crippen LogP contribution in [0.5, 0.6) is 0 Å². The van der Waals surface area contributed by atoms with Gasteiger partial charge in [0.25, 0.3) is 0 Å². The fourth-order valence-corrected chi connectivity index (χ4v) is 1.76. The lowest BCUT2D eigenvalue weighted by atomic mass is 10.1. The van der Waals surface area contributed by atoms with Crippen LogP contribution >= 0.6 is 11.6 Å². The van der Waals surface area contributed by atoms with Gasteiger partial charge < -0.3 is 4.57 Å². The molecule has 3 heteroatoms. The molecule has 1 heterocycles. The van der Waals surface area contributed by atoms with Crippen molar-refractivity contribution >= 4 is 17.9 Å². The van der Waals surface area contributed by atoms with Gasteiger partial charge in [0.05, 0.1) is 5.56 Å². The second-order valence-electron chi connectivity index (χ2n) is 3.32. The third-order valence-corrected chi connectivity index (χ3v) is 2.85. The van der Waals surface area contributed by atoms with E-state index in [1.54, 1.807) is 10.6 Å². The Hall–Kier alpha value is -1.54. The number of hydrogen-bond donors (Lipinski definition) is 0. The fourth-order valence-electron chi connectivity index (χ4n) is 1.57. The Morgan fingerprint density at radius 1 is 1.27 bits per heavy atom. The zero-order valence-electron chi connectivity index (χ0n) is 8.27. The van der Waals surface area contributed by atoms with E-state index in [0.29, 0.717) is 10.7 Å². The van der Waals surface area contributed by atoms with Gasteiger partial charge in [-0.05, 0) is 11.6 Å². The molecule has 0 aliphatic rings. The third-order valence-electron chi connectivity index (χ3n) is 2.38. The van der Waals surface area contributed by atoms with Gasteiger partial charge in [-0.2, -0.15) is 0 Å². The normalized spacial score (nSPS) is 10.3. The van der Waals surface area contributed by atoms with Crippen LogP contribution in [0.15, 0.2) is 36.4 Å². The average Bonchev–Trinajstić information content (AvgIpc) is 2.57. The Labute approximate surface area is 93.1 Å². The van der Waals surface area contributed by atoms with E-state index in [2.05, 4.69) is 0 Å². The van der Waals surface area contributed by atoms with Crippen molar-refractivity contribution in [3.8, 4) is 11.3 Å². The number of carbonyl (C=O) groups is 1. The van der Waals surface area contributed by atoms with Gasteiger partial charge >= 0.3 is 0 Å². The van der Waals surface area contributed by atoms with Crippen molar-refractivity contribution in [2.75, 3.05) is 0 Å². The van der Waals surface area contributed by atoms with Crippen LogP contribution in [-0.4, -0.2) is 10.9 Å². The first kappa shape index (κ1) is 9.99. The van der Waals surface area contributed by atoms with Crippen molar-refractivity contribution in [1.29, 1.82) is 0 Å². The third kappa shape index (κ3) is 1.68. The zero-order chi connectivity index (χ0) is 10.8. The summed E-state index contributed by atoms with van der Waals surface area (Å²) in [7, 11) is 1.84. The minimum atomic E-state index is 0.476. The summed E-state index contributed by atoms with van der Waals surface area (Å²) in [6.45, 7) is 0. The maximum Gasteiger partial charge on any atom is 0.153 e. The highest BCUT2D eigenvalue weighted by Gasteiger charge is 2.10. The molecule has 0 saturated carbocycles. The minimum absolute atomic E-state index is 0.476. The van der Waals surface area contributed by atoms with Crippen LogP contribution in [0.25, 0.3) is 11.3 Å². The number of carbonyl (C=O) groups excluding carboxylic acids is 1. The van der Waals surface area contributed by atoms with Crippen molar-refractivity contribution in [2.45, 2.75) is 0 Å². The molecule has 1 aromatic heterocycles. The Morgan fingerprint density at radius 3 is 2.47 bits per heavy atom. The molecule has 15 heavy (non-hydrogen) atoms. The highest BCUT2D eigenvalue weighted by molar-refractivity contribution is 6.32. The molecule has 0 aliphatic heterocycles. The standard InChI is InChI=1S/C12H10ClNO/c1-14-11(7-10(8-15)12(14)13)9-5-3-2-4-6-9/h2-8H,1H3. The molecule has 0 amide bonds. The molecule has 2 nitrogen and oxygen atoms in total.